The third-order valence-corrected chi connectivity index (χ3v) is 7.92. The number of hydrogen-bond donors (Lipinski definition) is 1. The second kappa shape index (κ2) is 10.4. The van der Waals surface area contributed by atoms with Crippen molar-refractivity contribution in [2.75, 3.05) is 13.1 Å². The van der Waals surface area contributed by atoms with Crippen LogP contribution in [0.4, 0.5) is 0 Å². The number of H-pyrrole nitrogens is 1. The van der Waals surface area contributed by atoms with Crippen LogP contribution in [0.2, 0.25) is 0 Å². The van der Waals surface area contributed by atoms with E-state index in [1.807, 2.05) is 33.5 Å². The summed E-state index contributed by atoms with van der Waals surface area (Å²) in [6, 6.07) is 25.1. The normalized spacial score (nSPS) is 15.7. The molecule has 8 nitrogen and oxygen atoms in total. The van der Waals surface area contributed by atoms with Crippen LogP contribution in [0.1, 0.15) is 53.9 Å². The van der Waals surface area contributed by atoms with Crippen LogP contribution in [0.5, 0.6) is 0 Å². The number of piperidine rings is 1. The number of imidazole rings is 1. The fourth-order valence-corrected chi connectivity index (χ4v) is 6.02. The second-order valence-electron chi connectivity index (χ2n) is 10.3. The summed E-state index contributed by atoms with van der Waals surface area (Å²) in [4.78, 5) is 18.4. The lowest BCUT2D eigenvalue weighted by molar-refractivity contribution is 0.122. The highest BCUT2D eigenvalue weighted by molar-refractivity contribution is 5.75. The molecule has 3 heterocycles. The molecular weight excluding hydrogens is 474 g/mol. The quantitative estimate of drug-likeness (QED) is 0.338. The van der Waals surface area contributed by atoms with E-state index in [-0.39, 0.29) is 17.8 Å². The van der Waals surface area contributed by atoms with Gasteiger partial charge in [-0.25, -0.2) is 4.79 Å². The van der Waals surface area contributed by atoms with E-state index in [4.69, 9.17) is 0 Å². The molecule has 6 rings (SSSR count). The number of aromatic nitrogens is 6. The predicted octanol–water partition coefficient (Wildman–Crippen LogP) is 4.93. The third-order valence-electron chi connectivity index (χ3n) is 7.92. The standard InChI is InChI=1S/C30H33N7O/c1-21-9-8-10-22(2)28(21)37-29(32-33-34-37)27(16-15-23-11-4-3-5-12-23)35-19-17-24(18-20-35)36-26-14-7-6-13-25(26)31-30(36)38/h3-14,24,27H,15-20H2,1-2H3,(H,31,38). The van der Waals surface area contributed by atoms with Crippen LogP contribution in [-0.2, 0) is 6.42 Å². The Morgan fingerprint density at radius 1 is 0.921 bits per heavy atom. The van der Waals surface area contributed by atoms with Gasteiger partial charge < -0.3 is 4.98 Å². The smallest absolute Gasteiger partial charge is 0.306 e. The molecule has 1 atom stereocenters. The van der Waals surface area contributed by atoms with Crippen molar-refractivity contribution in [3.63, 3.8) is 0 Å². The highest BCUT2D eigenvalue weighted by Crippen LogP contribution is 2.33. The topological polar surface area (TPSA) is 84.6 Å². The van der Waals surface area contributed by atoms with Crippen LogP contribution >= 0.6 is 0 Å². The first-order valence-corrected chi connectivity index (χ1v) is 13.4. The van der Waals surface area contributed by atoms with Gasteiger partial charge in [0.1, 0.15) is 0 Å². The maximum absolute atomic E-state index is 12.8. The van der Waals surface area contributed by atoms with E-state index >= 15 is 0 Å². The summed E-state index contributed by atoms with van der Waals surface area (Å²) < 4.78 is 3.89. The van der Waals surface area contributed by atoms with Gasteiger partial charge in [-0.05, 0) is 78.8 Å². The van der Waals surface area contributed by atoms with Crippen molar-refractivity contribution >= 4 is 11.0 Å². The Labute approximate surface area is 221 Å². The number of nitrogens with one attached hydrogen (secondary N) is 1. The molecule has 1 aliphatic heterocycles. The molecule has 3 aromatic carbocycles. The van der Waals surface area contributed by atoms with E-state index in [0.29, 0.717) is 0 Å². The summed E-state index contributed by atoms with van der Waals surface area (Å²) in [5, 5.41) is 13.2. The molecule has 0 radical (unpaired) electrons. The lowest BCUT2D eigenvalue weighted by atomic mass is 9.98. The SMILES string of the molecule is Cc1cccc(C)c1-n1nnnc1C(CCc1ccccc1)N1CCC(n2c(=O)[nH]c3ccccc32)CC1. The van der Waals surface area contributed by atoms with E-state index in [2.05, 4.69) is 87.8 Å². The van der Waals surface area contributed by atoms with Gasteiger partial charge in [-0.15, -0.1) is 5.10 Å². The van der Waals surface area contributed by atoms with Gasteiger partial charge in [0.2, 0.25) is 0 Å². The monoisotopic (exact) mass is 507 g/mol. The first-order valence-electron chi connectivity index (χ1n) is 13.4. The van der Waals surface area contributed by atoms with E-state index in [1.165, 1.54) is 5.56 Å². The number of para-hydroxylation sites is 3. The minimum Gasteiger partial charge on any atom is -0.306 e. The molecule has 8 heteroatoms. The molecule has 0 aliphatic carbocycles. The average molecular weight is 508 g/mol. The van der Waals surface area contributed by atoms with Crippen molar-refractivity contribution in [1.82, 2.24) is 34.7 Å². The molecule has 1 unspecified atom stereocenters. The van der Waals surface area contributed by atoms with E-state index in [9.17, 15) is 4.79 Å². The number of likely N-dealkylation sites (tertiary alicyclic amines) is 1. The van der Waals surface area contributed by atoms with Gasteiger partial charge in [-0.1, -0.05) is 60.7 Å². The summed E-state index contributed by atoms with van der Waals surface area (Å²) in [5.41, 5.74) is 6.52. The summed E-state index contributed by atoms with van der Waals surface area (Å²) in [6.07, 6.45) is 3.64. The molecule has 0 saturated carbocycles. The first-order chi connectivity index (χ1) is 18.6. The summed E-state index contributed by atoms with van der Waals surface area (Å²) in [6.45, 7) is 5.96. The molecule has 38 heavy (non-hydrogen) atoms. The molecule has 1 N–H and O–H groups in total. The van der Waals surface area contributed by atoms with Crippen molar-refractivity contribution < 1.29 is 0 Å². The van der Waals surface area contributed by atoms with E-state index in [0.717, 1.165) is 72.4 Å². The molecule has 0 spiro atoms. The molecule has 1 fully saturated rings. The zero-order chi connectivity index (χ0) is 26.1. The van der Waals surface area contributed by atoms with Gasteiger partial charge in [0, 0.05) is 19.1 Å². The maximum atomic E-state index is 12.8. The van der Waals surface area contributed by atoms with Gasteiger partial charge in [-0.2, -0.15) is 4.68 Å². The molecule has 1 aliphatic rings. The molecule has 194 valence electrons. The van der Waals surface area contributed by atoms with Crippen molar-refractivity contribution in [2.24, 2.45) is 0 Å². The number of aromatic amines is 1. The van der Waals surface area contributed by atoms with Crippen LogP contribution in [0.3, 0.4) is 0 Å². The van der Waals surface area contributed by atoms with Gasteiger partial charge >= 0.3 is 5.69 Å². The average Bonchev–Trinajstić information content (AvgIpc) is 3.54. The largest absolute Gasteiger partial charge is 0.326 e. The van der Waals surface area contributed by atoms with Crippen LogP contribution in [0, 0.1) is 13.8 Å². The lowest BCUT2D eigenvalue weighted by Gasteiger charge is -2.37. The van der Waals surface area contributed by atoms with Gasteiger partial charge in [0.15, 0.2) is 5.82 Å². The fourth-order valence-electron chi connectivity index (χ4n) is 6.02. The van der Waals surface area contributed by atoms with Crippen LogP contribution in [0.15, 0.2) is 77.6 Å². The minimum absolute atomic E-state index is 0.0238. The lowest BCUT2D eigenvalue weighted by Crippen LogP contribution is -2.40. The molecular formula is C30H33N7O. The predicted molar refractivity (Wildman–Crippen MR) is 149 cm³/mol. The second-order valence-corrected chi connectivity index (χ2v) is 10.3. The van der Waals surface area contributed by atoms with Gasteiger partial charge in [0.05, 0.1) is 22.8 Å². The summed E-state index contributed by atoms with van der Waals surface area (Å²) >= 11 is 0. The number of fused-ring (bicyclic) bond motifs is 1. The molecule has 2 aromatic heterocycles. The molecule has 0 bridgehead atoms. The number of benzene rings is 3. The number of hydrogen-bond acceptors (Lipinski definition) is 5. The van der Waals surface area contributed by atoms with Gasteiger partial charge in [-0.3, -0.25) is 9.47 Å². The van der Waals surface area contributed by atoms with Gasteiger partial charge in [0.25, 0.3) is 0 Å². The van der Waals surface area contributed by atoms with Crippen LogP contribution in [-0.4, -0.2) is 47.7 Å². The Morgan fingerprint density at radius 2 is 1.63 bits per heavy atom. The Balaban J connectivity index is 1.30. The Bertz CT molecular complexity index is 1570. The zero-order valence-electron chi connectivity index (χ0n) is 21.9. The number of aryl methyl sites for hydroxylation is 3. The first kappa shape index (κ1) is 24.3. The summed E-state index contributed by atoms with van der Waals surface area (Å²) in [7, 11) is 0. The molecule has 0 amide bonds. The van der Waals surface area contributed by atoms with Crippen LogP contribution in [0.25, 0.3) is 16.7 Å². The highest BCUT2D eigenvalue weighted by Gasteiger charge is 2.32. The van der Waals surface area contributed by atoms with E-state index < -0.39 is 0 Å². The van der Waals surface area contributed by atoms with Crippen molar-refractivity contribution in [3.8, 4) is 5.69 Å². The number of rotatable bonds is 7. The minimum atomic E-state index is -0.0238. The third kappa shape index (κ3) is 4.56. The zero-order valence-corrected chi connectivity index (χ0v) is 21.9. The van der Waals surface area contributed by atoms with Crippen molar-refractivity contribution in [1.29, 1.82) is 0 Å². The molecule has 5 aromatic rings. The Kier molecular flexibility index (Phi) is 6.64. The fraction of sp³-hybridized carbons (Fsp3) is 0.333. The van der Waals surface area contributed by atoms with E-state index in [1.54, 1.807) is 0 Å². The maximum Gasteiger partial charge on any atom is 0.326 e. The van der Waals surface area contributed by atoms with Crippen molar-refractivity contribution in [2.45, 2.75) is 51.6 Å². The van der Waals surface area contributed by atoms with Crippen LogP contribution < -0.4 is 5.69 Å². The number of nitrogens with zero attached hydrogens (tertiary/aromatic N) is 6. The highest BCUT2D eigenvalue weighted by atomic mass is 16.1. The summed E-state index contributed by atoms with van der Waals surface area (Å²) in [5.74, 6) is 0.876. The Morgan fingerprint density at radius 3 is 2.39 bits per heavy atom. The number of tetrazole rings is 1. The van der Waals surface area contributed by atoms with Crippen molar-refractivity contribution in [3.05, 3.63) is 106 Å². The molecule has 1 saturated heterocycles. The Hall–Kier alpha value is -4.04.